The molecule has 0 heterocycles. The van der Waals surface area contributed by atoms with Crippen molar-refractivity contribution in [3.8, 4) is 22.6 Å². The standard InChI is InChI=1S/C13H12N2O4/c1-19-8-5-6-9(11(7-8)15(17)18)13-10(14)3-2-4-12(13)16/h2-7,16H,14H2,1H3. The van der Waals surface area contributed by atoms with Crippen molar-refractivity contribution in [3.05, 3.63) is 46.5 Å². The van der Waals surface area contributed by atoms with Gasteiger partial charge in [-0.05, 0) is 24.3 Å². The number of rotatable bonds is 3. The molecular formula is C13H12N2O4. The van der Waals surface area contributed by atoms with Gasteiger partial charge in [-0.15, -0.1) is 0 Å². The zero-order valence-corrected chi connectivity index (χ0v) is 10.2. The zero-order chi connectivity index (χ0) is 14.0. The summed E-state index contributed by atoms with van der Waals surface area (Å²) in [5, 5.41) is 21.0. The normalized spacial score (nSPS) is 10.2. The molecule has 98 valence electrons. The minimum atomic E-state index is -0.538. The number of nitrogens with zero attached hydrogens (tertiary/aromatic N) is 1. The lowest BCUT2D eigenvalue weighted by Gasteiger charge is -2.09. The van der Waals surface area contributed by atoms with Crippen LogP contribution in [0.3, 0.4) is 0 Å². The molecule has 0 saturated heterocycles. The third kappa shape index (κ3) is 2.28. The molecule has 19 heavy (non-hydrogen) atoms. The molecule has 0 aliphatic rings. The largest absolute Gasteiger partial charge is 0.507 e. The summed E-state index contributed by atoms with van der Waals surface area (Å²) in [6.07, 6.45) is 0. The highest BCUT2D eigenvalue weighted by molar-refractivity contribution is 5.87. The summed E-state index contributed by atoms with van der Waals surface area (Å²) < 4.78 is 4.96. The zero-order valence-electron chi connectivity index (χ0n) is 10.2. The number of aromatic hydroxyl groups is 1. The summed E-state index contributed by atoms with van der Waals surface area (Å²) >= 11 is 0. The first-order valence-electron chi connectivity index (χ1n) is 5.45. The number of hydrogen-bond donors (Lipinski definition) is 2. The van der Waals surface area contributed by atoms with Crippen molar-refractivity contribution in [2.75, 3.05) is 12.8 Å². The first-order valence-corrected chi connectivity index (χ1v) is 5.45. The van der Waals surface area contributed by atoms with E-state index in [4.69, 9.17) is 10.5 Å². The molecule has 0 fully saturated rings. The van der Waals surface area contributed by atoms with Crippen molar-refractivity contribution in [2.45, 2.75) is 0 Å². The van der Waals surface area contributed by atoms with Gasteiger partial charge in [-0.2, -0.15) is 0 Å². The van der Waals surface area contributed by atoms with Crippen molar-refractivity contribution in [1.82, 2.24) is 0 Å². The Morgan fingerprint density at radius 1 is 1.32 bits per heavy atom. The molecule has 0 aliphatic carbocycles. The van der Waals surface area contributed by atoms with E-state index in [1.807, 2.05) is 0 Å². The van der Waals surface area contributed by atoms with Gasteiger partial charge >= 0.3 is 0 Å². The maximum Gasteiger partial charge on any atom is 0.281 e. The lowest BCUT2D eigenvalue weighted by Crippen LogP contribution is -1.96. The third-order valence-corrected chi connectivity index (χ3v) is 2.75. The summed E-state index contributed by atoms with van der Waals surface area (Å²) in [6.45, 7) is 0. The van der Waals surface area contributed by atoms with Crippen LogP contribution in [0.4, 0.5) is 11.4 Å². The Hall–Kier alpha value is -2.76. The van der Waals surface area contributed by atoms with E-state index in [0.717, 1.165) is 0 Å². The maximum atomic E-state index is 11.1. The third-order valence-electron chi connectivity index (χ3n) is 2.75. The predicted molar refractivity (Wildman–Crippen MR) is 71.2 cm³/mol. The van der Waals surface area contributed by atoms with E-state index >= 15 is 0 Å². The predicted octanol–water partition coefficient (Wildman–Crippen LogP) is 2.56. The summed E-state index contributed by atoms with van der Waals surface area (Å²) in [6, 6.07) is 8.95. The Morgan fingerprint density at radius 3 is 2.63 bits per heavy atom. The van der Waals surface area contributed by atoms with Gasteiger partial charge in [-0.25, -0.2) is 0 Å². The van der Waals surface area contributed by atoms with E-state index in [0.29, 0.717) is 5.75 Å². The van der Waals surface area contributed by atoms with E-state index in [2.05, 4.69) is 0 Å². The molecule has 0 radical (unpaired) electrons. The number of nitro benzene ring substituents is 1. The van der Waals surface area contributed by atoms with E-state index in [1.54, 1.807) is 18.2 Å². The number of benzene rings is 2. The molecule has 6 heteroatoms. The number of methoxy groups -OCH3 is 1. The maximum absolute atomic E-state index is 11.1. The average Bonchev–Trinajstić information content (AvgIpc) is 2.38. The fraction of sp³-hybridized carbons (Fsp3) is 0.0769. The minimum absolute atomic E-state index is 0.103. The molecule has 6 nitrogen and oxygen atoms in total. The molecule has 2 aromatic carbocycles. The van der Waals surface area contributed by atoms with Crippen LogP contribution < -0.4 is 10.5 Å². The van der Waals surface area contributed by atoms with Crippen LogP contribution >= 0.6 is 0 Å². The highest BCUT2D eigenvalue weighted by atomic mass is 16.6. The number of phenols is 1. The molecule has 0 aliphatic heterocycles. The van der Waals surface area contributed by atoms with Crippen molar-refractivity contribution in [1.29, 1.82) is 0 Å². The monoisotopic (exact) mass is 260 g/mol. The SMILES string of the molecule is COc1ccc(-c2c(N)cccc2O)c([N+](=O)[O-])c1. The first kappa shape index (κ1) is 12.7. The molecule has 0 bridgehead atoms. The van der Waals surface area contributed by atoms with Crippen molar-refractivity contribution in [2.24, 2.45) is 0 Å². The Bertz CT molecular complexity index is 620. The van der Waals surface area contributed by atoms with Gasteiger partial charge in [0, 0.05) is 5.69 Å². The van der Waals surface area contributed by atoms with Gasteiger partial charge in [0.25, 0.3) is 5.69 Å². The van der Waals surface area contributed by atoms with E-state index in [-0.39, 0.29) is 28.3 Å². The van der Waals surface area contributed by atoms with E-state index < -0.39 is 4.92 Å². The van der Waals surface area contributed by atoms with Crippen LogP contribution in [0.2, 0.25) is 0 Å². The second-order valence-electron chi connectivity index (χ2n) is 3.88. The van der Waals surface area contributed by atoms with Crippen LogP contribution in [0, 0.1) is 10.1 Å². The molecular weight excluding hydrogens is 248 g/mol. The summed E-state index contributed by atoms with van der Waals surface area (Å²) in [4.78, 5) is 10.6. The number of hydrogen-bond acceptors (Lipinski definition) is 5. The van der Waals surface area contributed by atoms with Crippen molar-refractivity contribution in [3.63, 3.8) is 0 Å². The Balaban J connectivity index is 2.72. The molecule has 0 aromatic heterocycles. The van der Waals surface area contributed by atoms with Crippen molar-refractivity contribution < 1.29 is 14.8 Å². The van der Waals surface area contributed by atoms with Gasteiger partial charge < -0.3 is 15.6 Å². The molecule has 2 rings (SSSR count). The summed E-state index contributed by atoms with van der Waals surface area (Å²) in [5.41, 5.74) is 6.38. The lowest BCUT2D eigenvalue weighted by molar-refractivity contribution is -0.384. The lowest BCUT2D eigenvalue weighted by atomic mass is 10.0. The van der Waals surface area contributed by atoms with Crippen LogP contribution in [0.15, 0.2) is 36.4 Å². The topological polar surface area (TPSA) is 98.6 Å². The fourth-order valence-electron chi connectivity index (χ4n) is 1.85. The number of phenolic OH excluding ortho intramolecular Hbond substituents is 1. The molecule has 0 saturated carbocycles. The molecule has 0 amide bonds. The second kappa shape index (κ2) is 4.85. The highest BCUT2D eigenvalue weighted by Gasteiger charge is 2.20. The van der Waals surface area contributed by atoms with Gasteiger partial charge in [-0.3, -0.25) is 10.1 Å². The molecule has 3 N–H and O–H groups in total. The average molecular weight is 260 g/mol. The number of nitrogen functional groups attached to an aromatic ring is 1. The number of anilines is 1. The Morgan fingerprint density at radius 2 is 2.05 bits per heavy atom. The molecule has 2 aromatic rings. The summed E-state index contributed by atoms with van der Waals surface area (Å²) in [7, 11) is 1.42. The number of nitrogens with two attached hydrogens (primary N) is 1. The van der Waals surface area contributed by atoms with E-state index in [9.17, 15) is 15.2 Å². The fourth-order valence-corrected chi connectivity index (χ4v) is 1.85. The van der Waals surface area contributed by atoms with Gasteiger partial charge in [0.2, 0.25) is 0 Å². The highest BCUT2D eigenvalue weighted by Crippen LogP contribution is 2.40. The Labute approximate surface area is 109 Å². The van der Waals surface area contributed by atoms with Crippen LogP contribution in [0.5, 0.6) is 11.5 Å². The van der Waals surface area contributed by atoms with Gasteiger partial charge in [0.05, 0.1) is 29.2 Å². The van der Waals surface area contributed by atoms with Crippen LogP contribution in [0.1, 0.15) is 0 Å². The van der Waals surface area contributed by atoms with Gasteiger partial charge in [0.1, 0.15) is 11.5 Å². The Kier molecular flexibility index (Phi) is 3.24. The van der Waals surface area contributed by atoms with Crippen LogP contribution in [-0.2, 0) is 0 Å². The minimum Gasteiger partial charge on any atom is -0.507 e. The van der Waals surface area contributed by atoms with Gasteiger partial charge in [-0.1, -0.05) is 6.07 Å². The van der Waals surface area contributed by atoms with E-state index in [1.165, 1.54) is 25.3 Å². The quantitative estimate of drug-likeness (QED) is 0.502. The van der Waals surface area contributed by atoms with Crippen LogP contribution in [-0.4, -0.2) is 17.1 Å². The molecule has 0 unspecified atom stereocenters. The second-order valence-corrected chi connectivity index (χ2v) is 3.88. The first-order chi connectivity index (χ1) is 9.04. The van der Waals surface area contributed by atoms with Gasteiger partial charge in [0.15, 0.2) is 0 Å². The number of nitro groups is 1. The molecule has 0 atom stereocenters. The van der Waals surface area contributed by atoms with Crippen LogP contribution in [0.25, 0.3) is 11.1 Å². The summed E-state index contributed by atoms with van der Waals surface area (Å²) in [5.74, 6) is 0.262. The molecule has 0 spiro atoms. The van der Waals surface area contributed by atoms with Crippen molar-refractivity contribution >= 4 is 11.4 Å². The smallest absolute Gasteiger partial charge is 0.281 e. The number of ether oxygens (including phenoxy) is 1.